The topological polar surface area (TPSA) is 40.1 Å². The van der Waals surface area contributed by atoms with Crippen LogP contribution in [0.15, 0.2) is 0 Å². The number of hydrogen-bond acceptors (Lipinski definition) is 2. The molecule has 0 unspecified atom stereocenters. The van der Waals surface area contributed by atoms with Gasteiger partial charge in [0.05, 0.1) is 27.7 Å². The molecule has 0 atom stereocenters. The molecule has 0 fully saturated rings. The monoisotopic (exact) mass is 231 g/mol. The van der Waals surface area contributed by atoms with Crippen molar-refractivity contribution >= 4 is 5.97 Å². The molecule has 0 saturated carbocycles. The summed E-state index contributed by atoms with van der Waals surface area (Å²) in [6, 6.07) is 0. The maximum absolute atomic E-state index is 9.76. The molecule has 16 heavy (non-hydrogen) atoms. The summed E-state index contributed by atoms with van der Waals surface area (Å²) in [5.41, 5.74) is 0. The molecule has 0 radical (unpaired) electrons. The second-order valence-corrected chi connectivity index (χ2v) is 5.20. The normalized spacial score (nSPS) is 10.6. The molecule has 0 aliphatic rings. The highest BCUT2D eigenvalue weighted by Gasteiger charge is 2.02. The lowest BCUT2D eigenvalue weighted by Gasteiger charge is -2.23. The van der Waals surface area contributed by atoms with Crippen molar-refractivity contribution < 1.29 is 14.4 Å². The van der Waals surface area contributed by atoms with Crippen molar-refractivity contribution in [1.29, 1.82) is 0 Å². The van der Waals surface area contributed by atoms with E-state index in [9.17, 15) is 9.90 Å². The van der Waals surface area contributed by atoms with Crippen LogP contribution >= 0.6 is 0 Å². The molecule has 0 N–H and O–H groups in total. The summed E-state index contributed by atoms with van der Waals surface area (Å²) in [4.78, 5) is 9.76. The fourth-order valence-electron chi connectivity index (χ4n) is 1.15. The lowest BCUT2D eigenvalue weighted by atomic mass is 10.2. The molecular weight excluding hydrogens is 202 g/mol. The van der Waals surface area contributed by atoms with Gasteiger partial charge >= 0.3 is 0 Å². The highest BCUT2D eigenvalue weighted by Crippen LogP contribution is 1.96. The summed E-state index contributed by atoms with van der Waals surface area (Å²) in [5, 5.41) is 9.76. The summed E-state index contributed by atoms with van der Waals surface area (Å²) in [6.07, 6.45) is 5.70. The molecule has 3 nitrogen and oxygen atoms in total. The first-order chi connectivity index (χ1) is 7.33. The van der Waals surface area contributed by atoms with Gasteiger partial charge in [-0.3, -0.25) is 0 Å². The van der Waals surface area contributed by atoms with Crippen LogP contribution in [0.3, 0.4) is 0 Å². The first-order valence-corrected chi connectivity index (χ1v) is 6.33. The number of hydrogen-bond donors (Lipinski definition) is 0. The maximum Gasteiger partial charge on any atom is 0.0780 e. The van der Waals surface area contributed by atoms with E-state index >= 15 is 0 Å². The molecule has 0 heterocycles. The predicted molar refractivity (Wildman–Crippen MR) is 67.0 cm³/mol. The van der Waals surface area contributed by atoms with E-state index in [1.165, 1.54) is 19.4 Å². The van der Waals surface area contributed by atoms with Crippen LogP contribution < -0.4 is 5.11 Å². The molecule has 0 saturated heterocycles. The average Bonchev–Trinajstić information content (AvgIpc) is 2.14. The second-order valence-electron chi connectivity index (χ2n) is 5.20. The van der Waals surface area contributed by atoms with E-state index in [4.69, 9.17) is 0 Å². The SMILES string of the molecule is CCCCCC(=O)[O-].CCCC[N+](C)(C)C. The highest BCUT2D eigenvalue weighted by molar-refractivity contribution is 5.63. The standard InChI is InChI=1S/C7H18N.C6H12O2/c1-5-6-7-8(2,3)4;1-2-3-4-5-6(7)8/h5-7H2,1-4H3;2-5H2,1H3,(H,7,8)/q+1;/p-1. The molecule has 0 bridgehead atoms. The minimum atomic E-state index is -0.932. The van der Waals surface area contributed by atoms with E-state index in [1.807, 2.05) is 6.92 Å². The number of rotatable bonds is 7. The molecule has 0 aromatic rings. The van der Waals surface area contributed by atoms with Crippen LogP contribution in [0.2, 0.25) is 0 Å². The number of aliphatic carboxylic acids is 1. The van der Waals surface area contributed by atoms with Crippen molar-refractivity contribution in [3.63, 3.8) is 0 Å². The van der Waals surface area contributed by atoms with E-state index in [1.54, 1.807) is 0 Å². The molecule has 0 rings (SSSR count). The third-order valence-corrected chi connectivity index (χ3v) is 2.17. The molecule has 0 aliphatic carbocycles. The van der Waals surface area contributed by atoms with E-state index in [2.05, 4.69) is 28.1 Å². The van der Waals surface area contributed by atoms with Crippen LogP contribution in [0, 0.1) is 0 Å². The Kier molecular flexibility index (Phi) is 12.2. The zero-order valence-electron chi connectivity index (χ0n) is 11.7. The van der Waals surface area contributed by atoms with Gasteiger partial charge < -0.3 is 14.4 Å². The van der Waals surface area contributed by atoms with Crippen LogP contribution in [0.5, 0.6) is 0 Å². The molecule has 98 valence electrons. The minimum Gasteiger partial charge on any atom is -0.550 e. The number of quaternary nitrogens is 1. The largest absolute Gasteiger partial charge is 0.550 e. The van der Waals surface area contributed by atoms with Crippen molar-refractivity contribution in [3.8, 4) is 0 Å². The Morgan fingerprint density at radius 1 is 1.00 bits per heavy atom. The quantitative estimate of drug-likeness (QED) is 0.495. The summed E-state index contributed by atoms with van der Waals surface area (Å²) < 4.78 is 1.10. The van der Waals surface area contributed by atoms with Crippen LogP contribution in [-0.4, -0.2) is 38.1 Å². The van der Waals surface area contributed by atoms with E-state index in [-0.39, 0.29) is 6.42 Å². The molecule has 0 aromatic carbocycles. The van der Waals surface area contributed by atoms with Gasteiger partial charge in [-0.2, -0.15) is 0 Å². The van der Waals surface area contributed by atoms with Crippen molar-refractivity contribution in [3.05, 3.63) is 0 Å². The van der Waals surface area contributed by atoms with Crippen molar-refractivity contribution in [2.75, 3.05) is 27.7 Å². The Bertz CT molecular complexity index is 162. The summed E-state index contributed by atoms with van der Waals surface area (Å²) in [5.74, 6) is -0.932. The summed E-state index contributed by atoms with van der Waals surface area (Å²) >= 11 is 0. The molecule has 0 amide bonds. The lowest BCUT2D eigenvalue weighted by Crippen LogP contribution is -2.35. The van der Waals surface area contributed by atoms with Gasteiger partial charge in [0.1, 0.15) is 0 Å². The van der Waals surface area contributed by atoms with Gasteiger partial charge in [0.25, 0.3) is 0 Å². The number of nitrogens with zero attached hydrogens (tertiary/aromatic N) is 1. The number of unbranched alkanes of at least 4 members (excludes halogenated alkanes) is 3. The van der Waals surface area contributed by atoms with Crippen molar-refractivity contribution in [2.45, 2.75) is 52.4 Å². The van der Waals surface area contributed by atoms with Gasteiger partial charge in [-0.25, -0.2) is 0 Å². The van der Waals surface area contributed by atoms with E-state index < -0.39 is 5.97 Å². The minimum absolute atomic E-state index is 0.216. The second kappa shape index (κ2) is 10.9. The van der Waals surface area contributed by atoms with Gasteiger partial charge in [0.2, 0.25) is 0 Å². The number of carbonyl (C=O) groups is 1. The average molecular weight is 231 g/mol. The van der Waals surface area contributed by atoms with Gasteiger partial charge in [0, 0.05) is 5.97 Å². The molecule has 3 heteroatoms. The Morgan fingerprint density at radius 3 is 1.75 bits per heavy atom. The fraction of sp³-hybridized carbons (Fsp3) is 0.923. The Morgan fingerprint density at radius 2 is 1.50 bits per heavy atom. The van der Waals surface area contributed by atoms with Crippen molar-refractivity contribution in [1.82, 2.24) is 0 Å². The Labute approximate surface area is 101 Å². The molecule has 0 spiro atoms. The van der Waals surface area contributed by atoms with Gasteiger partial charge in [-0.1, -0.05) is 33.1 Å². The van der Waals surface area contributed by atoms with Crippen LogP contribution in [-0.2, 0) is 4.79 Å². The third-order valence-electron chi connectivity index (χ3n) is 2.17. The van der Waals surface area contributed by atoms with E-state index in [0.29, 0.717) is 0 Å². The predicted octanol–water partition coefficient (Wildman–Crippen LogP) is 1.81. The first-order valence-electron chi connectivity index (χ1n) is 6.33. The Hall–Kier alpha value is -0.570. The van der Waals surface area contributed by atoms with Crippen molar-refractivity contribution in [2.24, 2.45) is 0 Å². The molecule has 0 aromatic heterocycles. The molecule has 0 aliphatic heterocycles. The zero-order chi connectivity index (χ0) is 13.0. The maximum atomic E-state index is 9.76. The first kappa shape index (κ1) is 17.8. The van der Waals surface area contributed by atoms with Crippen LogP contribution in [0.25, 0.3) is 0 Å². The van der Waals surface area contributed by atoms with Gasteiger partial charge in [0.15, 0.2) is 0 Å². The fourth-order valence-corrected chi connectivity index (χ4v) is 1.15. The molecular formula is C13H29NO2. The number of carboxylic acid groups (broad SMARTS) is 1. The summed E-state index contributed by atoms with van der Waals surface area (Å²) in [6.45, 7) is 5.57. The lowest BCUT2D eigenvalue weighted by molar-refractivity contribution is -0.870. The van der Waals surface area contributed by atoms with Crippen LogP contribution in [0.4, 0.5) is 0 Å². The number of carboxylic acids is 1. The smallest absolute Gasteiger partial charge is 0.0780 e. The zero-order valence-corrected chi connectivity index (χ0v) is 11.7. The van der Waals surface area contributed by atoms with E-state index in [0.717, 1.165) is 23.7 Å². The Balaban J connectivity index is 0. The van der Waals surface area contributed by atoms with Crippen LogP contribution in [0.1, 0.15) is 52.4 Å². The van der Waals surface area contributed by atoms with Gasteiger partial charge in [-0.05, 0) is 19.3 Å². The third kappa shape index (κ3) is 23.3. The highest BCUT2D eigenvalue weighted by atomic mass is 16.4. The summed E-state index contributed by atoms with van der Waals surface area (Å²) in [7, 11) is 6.70. The van der Waals surface area contributed by atoms with Gasteiger partial charge in [-0.15, -0.1) is 0 Å². The number of carbonyl (C=O) groups excluding carboxylic acids is 1.